The number of nitrogens with two attached hydrogens (primary N) is 1. The number of ether oxygens (including phenoxy) is 3. The molecule has 1 saturated heterocycles. The Morgan fingerprint density at radius 1 is 1.21 bits per heavy atom. The molecule has 2 fully saturated rings. The minimum atomic E-state index is -1.27. The van der Waals surface area contributed by atoms with Gasteiger partial charge in [-0.1, -0.05) is 30.3 Å². The summed E-state index contributed by atoms with van der Waals surface area (Å²) >= 11 is 0. The van der Waals surface area contributed by atoms with Crippen LogP contribution < -0.4 is 16.4 Å². The van der Waals surface area contributed by atoms with Crippen molar-refractivity contribution in [3.05, 3.63) is 35.9 Å². The van der Waals surface area contributed by atoms with Crippen molar-refractivity contribution in [3.63, 3.8) is 0 Å². The van der Waals surface area contributed by atoms with Crippen LogP contribution in [-0.4, -0.2) is 96.7 Å². The van der Waals surface area contributed by atoms with Gasteiger partial charge in [0.05, 0.1) is 25.7 Å². The van der Waals surface area contributed by atoms with E-state index in [1.54, 1.807) is 30.9 Å². The number of carbonyl (C=O) groups excluding carboxylic acids is 4. The minimum absolute atomic E-state index is 0.0168. The molecule has 13 heteroatoms. The lowest BCUT2D eigenvalue weighted by Gasteiger charge is -2.33. The molecule has 214 valence electrons. The van der Waals surface area contributed by atoms with Crippen LogP contribution in [0.5, 0.6) is 0 Å². The van der Waals surface area contributed by atoms with Crippen molar-refractivity contribution in [2.75, 3.05) is 32.8 Å². The van der Waals surface area contributed by atoms with Gasteiger partial charge in [-0.3, -0.25) is 15.0 Å². The largest absolute Gasteiger partial charge is 0.464 e. The van der Waals surface area contributed by atoms with Gasteiger partial charge < -0.3 is 40.4 Å². The van der Waals surface area contributed by atoms with E-state index in [1.807, 2.05) is 18.2 Å². The second kappa shape index (κ2) is 14.3. The lowest BCUT2D eigenvalue weighted by atomic mass is 10.1. The van der Waals surface area contributed by atoms with Crippen LogP contribution >= 0.6 is 0 Å². The molecule has 1 aromatic rings. The van der Waals surface area contributed by atoms with E-state index in [4.69, 9.17) is 25.4 Å². The number of nitrogens with zero attached hydrogens (tertiary/aromatic N) is 2. The summed E-state index contributed by atoms with van der Waals surface area (Å²) in [6.45, 7) is 4.71. The molecule has 3 amide bonds. The zero-order chi connectivity index (χ0) is 28.4. The molecule has 39 heavy (non-hydrogen) atoms. The number of carbonyl (C=O) groups is 4. The van der Waals surface area contributed by atoms with E-state index in [2.05, 4.69) is 10.6 Å². The first-order valence-electron chi connectivity index (χ1n) is 13.1. The summed E-state index contributed by atoms with van der Waals surface area (Å²) in [5.74, 6) is -1.70. The van der Waals surface area contributed by atoms with Crippen LogP contribution in [0.4, 0.5) is 4.79 Å². The molecule has 3 atom stereocenters. The predicted molar refractivity (Wildman–Crippen MR) is 140 cm³/mol. The molecule has 13 nitrogen and oxygen atoms in total. The highest BCUT2D eigenvalue weighted by Gasteiger charge is 2.42. The fourth-order valence-electron chi connectivity index (χ4n) is 4.25. The van der Waals surface area contributed by atoms with Gasteiger partial charge >= 0.3 is 12.1 Å². The van der Waals surface area contributed by atoms with E-state index in [-0.39, 0.29) is 38.2 Å². The number of esters is 1. The zero-order valence-corrected chi connectivity index (χ0v) is 22.4. The van der Waals surface area contributed by atoms with Crippen LogP contribution in [0, 0.1) is 5.41 Å². The highest BCUT2D eigenvalue weighted by molar-refractivity contribution is 5.93. The standard InChI is InChI=1S/C26H38N6O7/c1-3-37-24(35)17(2)32(19-9-10-19)23(34)21(30-26(36)39-16-18-7-5-4-6-8-18)13-22(33)29-14-20-15-31(25(27)28)11-12-38-20/h4-8,17,19-21H,3,9-16H2,1-2H3,(H3,27,28)(H,29,33)(H,30,36)/t17?,20?,21-/m0/s1. The summed E-state index contributed by atoms with van der Waals surface area (Å²) in [5.41, 5.74) is 6.31. The first kappa shape index (κ1) is 29.7. The third kappa shape index (κ3) is 9.13. The molecule has 0 bridgehead atoms. The minimum Gasteiger partial charge on any atom is -0.464 e. The summed E-state index contributed by atoms with van der Waals surface area (Å²) in [6.07, 6.45) is -0.216. The fraction of sp³-hybridized carbons (Fsp3) is 0.577. The highest BCUT2D eigenvalue weighted by atomic mass is 16.5. The number of morpholine rings is 1. The van der Waals surface area contributed by atoms with Crippen LogP contribution in [0.25, 0.3) is 0 Å². The van der Waals surface area contributed by atoms with E-state index >= 15 is 0 Å². The van der Waals surface area contributed by atoms with Crippen molar-refractivity contribution in [3.8, 4) is 0 Å². The molecule has 2 unspecified atom stereocenters. The van der Waals surface area contributed by atoms with Crippen LogP contribution in [0.15, 0.2) is 30.3 Å². The number of hydrogen-bond donors (Lipinski definition) is 4. The van der Waals surface area contributed by atoms with E-state index in [9.17, 15) is 19.2 Å². The second-order valence-electron chi connectivity index (χ2n) is 9.50. The SMILES string of the molecule is CCOC(=O)C(C)N(C(=O)[C@H](CC(=O)NCC1CN(C(=N)N)CCO1)NC(=O)OCc1ccccc1)C1CC1. The van der Waals surface area contributed by atoms with Crippen molar-refractivity contribution in [1.29, 1.82) is 5.41 Å². The van der Waals surface area contributed by atoms with Gasteiger partial charge in [-0.05, 0) is 32.3 Å². The molecule has 1 aromatic carbocycles. The van der Waals surface area contributed by atoms with Crippen molar-refractivity contribution in [2.24, 2.45) is 5.73 Å². The van der Waals surface area contributed by atoms with Gasteiger partial charge in [-0.25, -0.2) is 9.59 Å². The molecule has 0 radical (unpaired) electrons. The molecule has 1 saturated carbocycles. The lowest BCUT2D eigenvalue weighted by molar-refractivity contribution is -0.155. The van der Waals surface area contributed by atoms with Gasteiger partial charge in [0.15, 0.2) is 5.96 Å². The summed E-state index contributed by atoms with van der Waals surface area (Å²) in [7, 11) is 0. The van der Waals surface area contributed by atoms with Crippen molar-refractivity contribution >= 4 is 29.8 Å². The second-order valence-corrected chi connectivity index (χ2v) is 9.50. The molecular weight excluding hydrogens is 508 g/mol. The smallest absolute Gasteiger partial charge is 0.408 e. The highest BCUT2D eigenvalue weighted by Crippen LogP contribution is 2.30. The number of alkyl carbamates (subject to hydrolysis) is 1. The maximum Gasteiger partial charge on any atom is 0.408 e. The van der Waals surface area contributed by atoms with Crippen molar-refractivity contribution in [1.82, 2.24) is 20.4 Å². The fourth-order valence-corrected chi connectivity index (χ4v) is 4.25. The third-order valence-electron chi connectivity index (χ3n) is 6.44. The number of amides is 3. The van der Waals surface area contributed by atoms with Crippen molar-refractivity contribution in [2.45, 2.75) is 63.9 Å². The average molecular weight is 547 g/mol. The number of benzene rings is 1. The summed E-state index contributed by atoms with van der Waals surface area (Å²) in [5, 5.41) is 12.8. The molecule has 1 aliphatic heterocycles. The molecule has 1 heterocycles. The van der Waals surface area contributed by atoms with Crippen molar-refractivity contribution < 1.29 is 33.4 Å². The average Bonchev–Trinajstić information content (AvgIpc) is 3.76. The molecule has 3 rings (SSSR count). The van der Waals surface area contributed by atoms with Crippen LogP contribution in [0.1, 0.15) is 38.7 Å². The molecule has 1 aliphatic carbocycles. The van der Waals surface area contributed by atoms with Gasteiger partial charge in [0.1, 0.15) is 18.7 Å². The van der Waals surface area contributed by atoms with Gasteiger partial charge in [0.25, 0.3) is 0 Å². The molecule has 0 spiro atoms. The van der Waals surface area contributed by atoms with Crippen LogP contribution in [-0.2, 0) is 35.2 Å². The normalized spacial score (nSPS) is 18.3. The van der Waals surface area contributed by atoms with Crippen LogP contribution in [0.2, 0.25) is 0 Å². The Bertz CT molecular complexity index is 1020. The van der Waals surface area contributed by atoms with Gasteiger partial charge in [0.2, 0.25) is 11.8 Å². The Morgan fingerprint density at radius 3 is 2.56 bits per heavy atom. The van der Waals surface area contributed by atoms with Gasteiger partial charge in [-0.15, -0.1) is 0 Å². The lowest BCUT2D eigenvalue weighted by Crippen LogP contribution is -2.56. The first-order chi connectivity index (χ1) is 18.7. The number of rotatable bonds is 12. The monoisotopic (exact) mass is 546 g/mol. The van der Waals surface area contributed by atoms with E-state index in [0.29, 0.717) is 32.5 Å². The first-order valence-corrected chi connectivity index (χ1v) is 13.1. The Balaban J connectivity index is 1.66. The van der Waals surface area contributed by atoms with E-state index < -0.39 is 42.1 Å². The Labute approximate surface area is 227 Å². The molecule has 2 aliphatic rings. The number of nitrogens with one attached hydrogen (secondary N) is 3. The maximum absolute atomic E-state index is 13.6. The Hall–Kier alpha value is -3.87. The van der Waals surface area contributed by atoms with E-state index in [0.717, 1.165) is 5.56 Å². The Morgan fingerprint density at radius 2 is 1.92 bits per heavy atom. The predicted octanol–water partition coefficient (Wildman–Crippen LogP) is 0.325. The molecular formula is C26H38N6O7. The molecule has 5 N–H and O–H groups in total. The molecule has 0 aromatic heterocycles. The van der Waals surface area contributed by atoms with Crippen LogP contribution in [0.3, 0.4) is 0 Å². The quantitative estimate of drug-likeness (QED) is 0.163. The maximum atomic E-state index is 13.6. The topological polar surface area (TPSA) is 176 Å². The number of hydrogen-bond acceptors (Lipinski definition) is 8. The number of guanidine groups is 1. The van der Waals surface area contributed by atoms with Gasteiger partial charge in [-0.2, -0.15) is 0 Å². The Kier molecular flexibility index (Phi) is 10.9. The van der Waals surface area contributed by atoms with E-state index in [1.165, 1.54) is 4.90 Å². The zero-order valence-electron chi connectivity index (χ0n) is 22.4. The summed E-state index contributed by atoms with van der Waals surface area (Å²) in [4.78, 5) is 54.7. The summed E-state index contributed by atoms with van der Waals surface area (Å²) < 4.78 is 16.0. The van der Waals surface area contributed by atoms with Gasteiger partial charge in [0, 0.05) is 25.7 Å². The summed E-state index contributed by atoms with van der Waals surface area (Å²) in [6, 6.07) is 6.70. The third-order valence-corrected chi connectivity index (χ3v) is 6.44.